The minimum Gasteiger partial charge on any atom is -0.489 e. The van der Waals surface area contributed by atoms with Crippen LogP contribution in [0.4, 0.5) is 8.78 Å². The quantitative estimate of drug-likeness (QED) is 0.131. The van der Waals surface area contributed by atoms with Gasteiger partial charge in [0.05, 0.1) is 22.6 Å². The fourth-order valence-corrected chi connectivity index (χ4v) is 9.02. The van der Waals surface area contributed by atoms with Gasteiger partial charge >= 0.3 is 0 Å². The van der Waals surface area contributed by atoms with Crippen molar-refractivity contribution in [2.45, 2.75) is 126 Å². The highest BCUT2D eigenvalue weighted by atomic mass is 32.2. The molecule has 6 rings (SSSR count). The summed E-state index contributed by atoms with van der Waals surface area (Å²) in [5.41, 5.74) is -0.310. The van der Waals surface area contributed by atoms with E-state index >= 15 is 8.78 Å². The molecule has 56 heavy (non-hydrogen) atoms. The number of hydrogen-bond donors (Lipinski definition) is 2. The predicted molar refractivity (Wildman–Crippen MR) is 219 cm³/mol. The molecular formula is C44H56F2N2O6S2. The van der Waals surface area contributed by atoms with Crippen LogP contribution in [0.25, 0.3) is 0 Å². The normalized spacial score (nSPS) is 22.9. The van der Waals surface area contributed by atoms with Crippen LogP contribution in [0, 0.1) is 0 Å². The second-order valence-corrected chi connectivity index (χ2v) is 19.9. The molecule has 2 aliphatic carbocycles. The van der Waals surface area contributed by atoms with Crippen LogP contribution in [0.15, 0.2) is 109 Å². The number of ether oxygens (including phenoxy) is 2. The summed E-state index contributed by atoms with van der Waals surface area (Å²) in [6.45, 7) is 7.29. The fourth-order valence-electron chi connectivity index (χ4n) is 7.07. The maximum absolute atomic E-state index is 16.0. The van der Waals surface area contributed by atoms with Crippen LogP contribution < -0.4 is 18.9 Å². The van der Waals surface area contributed by atoms with Crippen molar-refractivity contribution in [1.82, 2.24) is 9.44 Å². The van der Waals surface area contributed by atoms with Crippen molar-refractivity contribution in [2.24, 2.45) is 0 Å². The lowest BCUT2D eigenvalue weighted by molar-refractivity contribution is 0.0711. The van der Waals surface area contributed by atoms with E-state index in [2.05, 4.69) is 9.44 Å². The standard InChI is InChI=1S/2C22H28FNO3S/c2*1-17(2)28(25,26)24-21-10-6-7-15-22(21,23)19-11-13-20(14-12-19)27-16-18-8-4-3-5-9-18/h2*3-5,8-9,11-14,17,21,24H,6-7,10,15-16H2,1-2H3/t21-,22+;21-,22-/m00/s1. The van der Waals surface area contributed by atoms with E-state index in [9.17, 15) is 16.8 Å². The highest BCUT2D eigenvalue weighted by molar-refractivity contribution is 7.90. The van der Waals surface area contributed by atoms with Gasteiger partial charge in [-0.2, -0.15) is 0 Å². The van der Waals surface area contributed by atoms with Crippen molar-refractivity contribution >= 4 is 20.0 Å². The molecule has 4 aromatic carbocycles. The Labute approximate surface area is 332 Å². The molecule has 4 aromatic rings. The van der Waals surface area contributed by atoms with Crippen LogP contribution in [-0.2, 0) is 44.6 Å². The van der Waals surface area contributed by atoms with E-state index in [-0.39, 0.29) is 0 Å². The molecule has 0 amide bonds. The Balaban J connectivity index is 0.000000214. The Morgan fingerprint density at radius 3 is 1.21 bits per heavy atom. The Kier molecular flexibility index (Phi) is 14.7. The summed E-state index contributed by atoms with van der Waals surface area (Å²) in [5.74, 6) is 1.32. The molecule has 4 atom stereocenters. The smallest absolute Gasteiger partial charge is 0.214 e. The third kappa shape index (κ3) is 11.2. The zero-order valence-corrected chi connectivity index (χ0v) is 34.4. The minimum absolute atomic E-state index is 0.308. The molecule has 2 saturated carbocycles. The monoisotopic (exact) mass is 810 g/mol. The van der Waals surface area contributed by atoms with Crippen molar-refractivity contribution in [3.8, 4) is 11.5 Å². The summed E-state index contributed by atoms with van der Waals surface area (Å²) in [6, 6.07) is 32.0. The van der Waals surface area contributed by atoms with Gasteiger partial charge < -0.3 is 9.47 Å². The number of hydrogen-bond acceptors (Lipinski definition) is 6. The molecule has 0 radical (unpaired) electrons. The summed E-state index contributed by atoms with van der Waals surface area (Å²) >= 11 is 0. The number of benzene rings is 4. The maximum atomic E-state index is 16.0. The molecule has 2 fully saturated rings. The molecule has 0 aliphatic heterocycles. The van der Waals surface area contributed by atoms with Crippen molar-refractivity contribution in [2.75, 3.05) is 0 Å². The topological polar surface area (TPSA) is 111 Å². The molecule has 0 bridgehead atoms. The molecule has 0 aromatic heterocycles. The Morgan fingerprint density at radius 1 is 0.554 bits per heavy atom. The Hall–Kier alpha value is -3.84. The average Bonchev–Trinajstić information content (AvgIpc) is 3.19. The van der Waals surface area contributed by atoms with Gasteiger partial charge in [-0.3, -0.25) is 0 Å². The van der Waals surface area contributed by atoms with E-state index in [4.69, 9.17) is 9.47 Å². The number of sulfonamides is 2. The second kappa shape index (κ2) is 19.1. The van der Waals surface area contributed by atoms with E-state index in [0.717, 1.165) is 36.8 Å². The maximum Gasteiger partial charge on any atom is 0.214 e. The lowest BCUT2D eigenvalue weighted by Crippen LogP contribution is -2.51. The Morgan fingerprint density at radius 2 is 0.893 bits per heavy atom. The Bertz CT molecular complexity index is 1890. The van der Waals surface area contributed by atoms with Crippen molar-refractivity contribution in [3.05, 3.63) is 131 Å². The number of rotatable bonds is 14. The summed E-state index contributed by atoms with van der Waals surface area (Å²) in [4.78, 5) is 0. The number of alkyl halides is 2. The molecule has 12 heteroatoms. The van der Waals surface area contributed by atoms with Gasteiger partial charge in [0.2, 0.25) is 20.0 Å². The molecule has 0 heterocycles. The highest BCUT2D eigenvalue weighted by Crippen LogP contribution is 2.43. The first-order chi connectivity index (χ1) is 26.6. The van der Waals surface area contributed by atoms with E-state index in [0.29, 0.717) is 61.5 Å². The first kappa shape index (κ1) is 43.3. The van der Waals surface area contributed by atoms with Crippen LogP contribution in [-0.4, -0.2) is 39.4 Å². The lowest BCUT2D eigenvalue weighted by Gasteiger charge is -2.38. The van der Waals surface area contributed by atoms with Crippen molar-refractivity contribution < 1.29 is 35.1 Å². The number of halogens is 2. The van der Waals surface area contributed by atoms with Gasteiger partial charge in [0.1, 0.15) is 24.7 Å². The predicted octanol–water partition coefficient (Wildman–Crippen LogP) is 9.40. The van der Waals surface area contributed by atoms with E-state index < -0.39 is 54.0 Å². The van der Waals surface area contributed by atoms with Gasteiger partial charge in [-0.1, -0.05) is 97.8 Å². The van der Waals surface area contributed by atoms with E-state index in [1.807, 2.05) is 60.7 Å². The van der Waals surface area contributed by atoms with Gasteiger partial charge in [-0.05, 0) is 113 Å². The van der Waals surface area contributed by atoms with Crippen LogP contribution in [0.3, 0.4) is 0 Å². The van der Waals surface area contributed by atoms with Crippen LogP contribution in [0.5, 0.6) is 11.5 Å². The zero-order valence-electron chi connectivity index (χ0n) is 32.8. The number of nitrogens with one attached hydrogen (secondary N) is 2. The largest absolute Gasteiger partial charge is 0.489 e. The van der Waals surface area contributed by atoms with Crippen LogP contribution in [0.1, 0.15) is 101 Å². The first-order valence-corrected chi connectivity index (χ1v) is 22.7. The van der Waals surface area contributed by atoms with Crippen LogP contribution >= 0.6 is 0 Å². The third-order valence-electron chi connectivity index (χ3n) is 10.7. The van der Waals surface area contributed by atoms with Gasteiger partial charge in [-0.15, -0.1) is 0 Å². The van der Waals surface area contributed by atoms with Crippen LogP contribution in [0.2, 0.25) is 0 Å². The zero-order chi connectivity index (χ0) is 40.4. The van der Waals surface area contributed by atoms with Crippen molar-refractivity contribution in [1.29, 1.82) is 0 Å². The van der Waals surface area contributed by atoms with Gasteiger partial charge in [0, 0.05) is 0 Å². The molecule has 2 aliphatic rings. The molecular weight excluding hydrogens is 755 g/mol. The molecule has 8 nitrogen and oxygen atoms in total. The summed E-state index contributed by atoms with van der Waals surface area (Å²) in [5, 5.41) is -1.18. The molecule has 0 spiro atoms. The summed E-state index contributed by atoms with van der Waals surface area (Å²) in [6.07, 6.45) is 4.71. The highest BCUT2D eigenvalue weighted by Gasteiger charge is 2.46. The average molecular weight is 811 g/mol. The summed E-state index contributed by atoms with van der Waals surface area (Å²) < 4.78 is 97.9. The summed E-state index contributed by atoms with van der Waals surface area (Å²) in [7, 11) is -7.08. The van der Waals surface area contributed by atoms with E-state index in [1.54, 1.807) is 76.2 Å². The van der Waals surface area contributed by atoms with E-state index in [1.165, 1.54) is 0 Å². The lowest BCUT2D eigenvalue weighted by atomic mass is 9.77. The van der Waals surface area contributed by atoms with Crippen molar-refractivity contribution in [3.63, 3.8) is 0 Å². The molecule has 304 valence electrons. The first-order valence-electron chi connectivity index (χ1n) is 19.6. The van der Waals surface area contributed by atoms with Gasteiger partial charge in [0.25, 0.3) is 0 Å². The molecule has 0 unspecified atom stereocenters. The molecule has 0 saturated heterocycles. The SMILES string of the molecule is CC(C)S(=O)(=O)N[C@H]1CCCC[C@@]1(F)c1ccc(OCc2ccccc2)cc1.CC(C)S(=O)(=O)N[C@H]1CCCC[C@]1(F)c1ccc(OCc2ccccc2)cc1. The third-order valence-corrected chi connectivity index (χ3v) is 14.4. The molecule has 2 N–H and O–H groups in total. The fraction of sp³-hybridized carbons (Fsp3) is 0.455. The minimum atomic E-state index is -3.54. The van der Waals surface area contributed by atoms with Gasteiger partial charge in [0.15, 0.2) is 11.3 Å². The second-order valence-electron chi connectivity index (χ2n) is 15.3. The van der Waals surface area contributed by atoms with Gasteiger partial charge in [-0.25, -0.2) is 35.1 Å².